The van der Waals surface area contributed by atoms with Crippen LogP contribution in [0.25, 0.3) is 0 Å². The topological polar surface area (TPSA) is 125 Å². The molecule has 38 heavy (non-hydrogen) atoms. The van der Waals surface area contributed by atoms with Crippen molar-refractivity contribution in [2.45, 2.75) is 13.3 Å². The molecule has 0 fully saturated rings. The Bertz CT molecular complexity index is 1490. The first-order valence-electron chi connectivity index (χ1n) is 11.4. The number of esters is 1. The summed E-state index contributed by atoms with van der Waals surface area (Å²) in [4.78, 5) is 51.9. The van der Waals surface area contributed by atoms with Gasteiger partial charge in [-0.05, 0) is 61.0 Å². The number of hydrogen-bond donors (Lipinski definition) is 3. The Balaban J connectivity index is 1.53. The molecule has 0 radical (unpaired) electrons. The van der Waals surface area contributed by atoms with E-state index >= 15 is 0 Å². The van der Waals surface area contributed by atoms with Crippen molar-refractivity contribution in [3.63, 3.8) is 0 Å². The lowest BCUT2D eigenvalue weighted by Gasteiger charge is -2.16. The van der Waals surface area contributed by atoms with Crippen molar-refractivity contribution in [2.24, 2.45) is 0 Å². The number of anilines is 3. The van der Waals surface area contributed by atoms with Crippen LogP contribution in [-0.2, 0) is 14.3 Å². The Labute approximate surface area is 227 Å². The van der Waals surface area contributed by atoms with Gasteiger partial charge in [0.1, 0.15) is 16.5 Å². The lowest BCUT2D eigenvalue weighted by Crippen LogP contribution is -2.32. The summed E-state index contributed by atoms with van der Waals surface area (Å²) >= 11 is 12.2. The Morgan fingerprint density at radius 3 is 2.45 bits per heavy atom. The van der Waals surface area contributed by atoms with Crippen LogP contribution >= 0.6 is 23.2 Å². The lowest BCUT2D eigenvalue weighted by molar-refractivity contribution is -0.120. The van der Waals surface area contributed by atoms with Crippen molar-refractivity contribution in [1.82, 2.24) is 0 Å². The number of rotatable bonds is 8. The number of benzene rings is 3. The van der Waals surface area contributed by atoms with Crippen LogP contribution in [0.3, 0.4) is 0 Å². The van der Waals surface area contributed by atoms with Gasteiger partial charge in [0.05, 0.1) is 23.5 Å². The fourth-order valence-corrected chi connectivity index (χ4v) is 3.97. The molecule has 4 rings (SSSR count). The second kappa shape index (κ2) is 11.4. The van der Waals surface area contributed by atoms with Crippen molar-refractivity contribution in [3.8, 4) is 5.75 Å². The summed E-state index contributed by atoms with van der Waals surface area (Å²) in [5.74, 6) is -2.80. The van der Waals surface area contributed by atoms with Gasteiger partial charge in [0.15, 0.2) is 0 Å². The van der Waals surface area contributed by atoms with Crippen LogP contribution in [0.5, 0.6) is 5.75 Å². The number of halogens is 2. The molecule has 1 aliphatic rings. The molecule has 0 aromatic heterocycles. The van der Waals surface area contributed by atoms with Crippen molar-refractivity contribution in [2.75, 3.05) is 22.1 Å². The molecule has 0 saturated carbocycles. The summed E-state index contributed by atoms with van der Waals surface area (Å²) in [6, 6.07) is 16.2. The molecule has 3 N–H and O–H groups in total. The average Bonchev–Trinajstić information content (AvgIpc) is 3.12. The van der Waals surface area contributed by atoms with Crippen molar-refractivity contribution in [1.29, 1.82) is 0 Å². The third-order valence-corrected chi connectivity index (χ3v) is 5.99. The Kier molecular flexibility index (Phi) is 7.99. The molecular formula is C27H21Cl2N3O6. The molecule has 3 aromatic rings. The van der Waals surface area contributed by atoms with Gasteiger partial charge in [-0.25, -0.2) is 9.69 Å². The van der Waals surface area contributed by atoms with Gasteiger partial charge in [-0.15, -0.1) is 0 Å². The first-order chi connectivity index (χ1) is 18.2. The number of nitrogens with one attached hydrogen (secondary N) is 2. The second-order valence-electron chi connectivity index (χ2n) is 8.14. The maximum atomic E-state index is 13.2. The molecule has 9 nitrogen and oxygen atoms in total. The monoisotopic (exact) mass is 553 g/mol. The van der Waals surface area contributed by atoms with E-state index in [1.807, 2.05) is 6.92 Å². The molecule has 1 heterocycles. The smallest absolute Gasteiger partial charge is 0.338 e. The zero-order valence-electron chi connectivity index (χ0n) is 20.0. The van der Waals surface area contributed by atoms with E-state index in [9.17, 15) is 24.3 Å². The molecule has 0 atom stereocenters. The van der Waals surface area contributed by atoms with E-state index in [0.717, 1.165) is 4.90 Å². The number of aromatic hydroxyl groups is 1. The summed E-state index contributed by atoms with van der Waals surface area (Å²) in [6.45, 7) is 2.10. The zero-order valence-corrected chi connectivity index (χ0v) is 21.5. The minimum atomic E-state index is -0.774. The van der Waals surface area contributed by atoms with Gasteiger partial charge in [0.2, 0.25) is 0 Å². The maximum Gasteiger partial charge on any atom is 0.338 e. The number of carbonyl (C=O) groups is 4. The number of hydrogen-bond acceptors (Lipinski definition) is 7. The summed E-state index contributed by atoms with van der Waals surface area (Å²) in [6.07, 6.45) is 0.648. The summed E-state index contributed by atoms with van der Waals surface area (Å²) in [5, 5.41) is 15.3. The SMILES string of the molecule is CCCOC(=O)c1cccc(N2C(=O)C(Cl)=C(Nc3cccc(C(=O)Nc4cc(Cl)ccc4O)c3)C2=O)c1. The maximum absolute atomic E-state index is 13.2. The minimum absolute atomic E-state index is 0.125. The molecule has 3 amide bonds. The third-order valence-electron chi connectivity index (χ3n) is 5.41. The number of ether oxygens (including phenoxy) is 1. The second-order valence-corrected chi connectivity index (χ2v) is 8.96. The fourth-order valence-electron chi connectivity index (χ4n) is 3.58. The largest absolute Gasteiger partial charge is 0.506 e. The van der Waals surface area contributed by atoms with Crippen LogP contribution in [0.2, 0.25) is 5.02 Å². The molecule has 0 saturated heterocycles. The van der Waals surface area contributed by atoms with E-state index in [2.05, 4.69) is 10.6 Å². The molecule has 0 bridgehead atoms. The van der Waals surface area contributed by atoms with Crippen LogP contribution in [0.1, 0.15) is 34.1 Å². The molecule has 194 valence electrons. The van der Waals surface area contributed by atoms with E-state index in [0.29, 0.717) is 17.1 Å². The highest BCUT2D eigenvalue weighted by molar-refractivity contribution is 6.53. The lowest BCUT2D eigenvalue weighted by atomic mass is 10.1. The van der Waals surface area contributed by atoms with E-state index < -0.39 is 23.7 Å². The standard InChI is InChI=1S/C27H21Cl2N3O6/c1-2-11-38-27(37)16-6-4-8-19(13-16)32-25(35)22(29)23(26(32)36)30-18-7-3-5-15(12-18)24(34)31-20-14-17(28)9-10-21(20)33/h3-10,12-14,30,33H,2,11H2,1H3,(H,31,34). The Hall–Kier alpha value is -4.34. The summed E-state index contributed by atoms with van der Waals surface area (Å²) in [5.41, 5.74) is 0.758. The van der Waals surface area contributed by atoms with Gasteiger partial charge in [0.25, 0.3) is 17.7 Å². The van der Waals surface area contributed by atoms with Crippen LogP contribution in [0.4, 0.5) is 17.1 Å². The van der Waals surface area contributed by atoms with Gasteiger partial charge in [-0.1, -0.05) is 42.3 Å². The van der Waals surface area contributed by atoms with Gasteiger partial charge in [-0.3, -0.25) is 14.4 Å². The van der Waals surface area contributed by atoms with E-state index in [-0.39, 0.29) is 45.6 Å². The fraction of sp³-hybridized carbons (Fsp3) is 0.111. The molecule has 11 heteroatoms. The van der Waals surface area contributed by atoms with Crippen molar-refractivity contribution < 1.29 is 29.0 Å². The highest BCUT2D eigenvalue weighted by Gasteiger charge is 2.39. The van der Waals surface area contributed by atoms with Gasteiger partial charge < -0.3 is 20.5 Å². The Morgan fingerprint density at radius 1 is 0.947 bits per heavy atom. The molecule has 0 unspecified atom stereocenters. The molecule has 3 aromatic carbocycles. The van der Waals surface area contributed by atoms with Crippen LogP contribution in [0.15, 0.2) is 77.5 Å². The van der Waals surface area contributed by atoms with Gasteiger partial charge >= 0.3 is 5.97 Å². The highest BCUT2D eigenvalue weighted by atomic mass is 35.5. The quantitative estimate of drug-likeness (QED) is 0.196. The number of amides is 3. The van der Waals surface area contributed by atoms with E-state index in [4.69, 9.17) is 27.9 Å². The number of imide groups is 1. The average molecular weight is 554 g/mol. The van der Waals surface area contributed by atoms with Gasteiger partial charge in [0, 0.05) is 16.3 Å². The predicted octanol–water partition coefficient (Wildman–Crippen LogP) is 5.30. The van der Waals surface area contributed by atoms with E-state index in [1.54, 1.807) is 12.1 Å². The van der Waals surface area contributed by atoms with Crippen molar-refractivity contribution in [3.05, 3.63) is 93.6 Å². The third kappa shape index (κ3) is 5.64. The minimum Gasteiger partial charge on any atom is -0.506 e. The summed E-state index contributed by atoms with van der Waals surface area (Å²) < 4.78 is 5.12. The first kappa shape index (κ1) is 26.7. The number of nitrogens with zero attached hydrogens (tertiary/aromatic N) is 1. The van der Waals surface area contributed by atoms with Gasteiger partial charge in [-0.2, -0.15) is 0 Å². The summed E-state index contributed by atoms with van der Waals surface area (Å²) in [7, 11) is 0. The molecule has 0 aliphatic carbocycles. The number of phenolic OH excluding ortho intramolecular Hbond substituents is 1. The van der Waals surface area contributed by atoms with Crippen LogP contribution in [0, 0.1) is 0 Å². The molecule has 0 spiro atoms. The Morgan fingerprint density at radius 2 is 1.68 bits per heavy atom. The van der Waals surface area contributed by atoms with E-state index in [1.165, 1.54) is 54.6 Å². The first-order valence-corrected chi connectivity index (χ1v) is 12.2. The number of phenols is 1. The zero-order chi connectivity index (χ0) is 27.4. The molecule has 1 aliphatic heterocycles. The predicted molar refractivity (Wildman–Crippen MR) is 144 cm³/mol. The number of carbonyl (C=O) groups excluding carboxylic acids is 4. The highest BCUT2D eigenvalue weighted by Crippen LogP contribution is 2.31. The van der Waals surface area contributed by atoms with Crippen LogP contribution in [-0.4, -0.2) is 35.4 Å². The normalized spacial score (nSPS) is 13.1. The van der Waals surface area contributed by atoms with Crippen molar-refractivity contribution >= 4 is 64.0 Å². The van der Waals surface area contributed by atoms with Crippen LogP contribution < -0.4 is 15.5 Å². The molecular weight excluding hydrogens is 533 g/mol.